The SMILES string of the molecule is CCc1ccc(OCCCC(=O)Nc2sc3c(c2C(=O)OC)CCC(C)C3)c(Br)c1. The number of esters is 1. The molecular formula is C23H28BrNO4S. The number of nitrogens with one attached hydrogen (secondary N) is 1. The number of carbonyl (C=O) groups is 2. The minimum atomic E-state index is -0.374. The van der Waals surface area contributed by atoms with Crippen LogP contribution in [0.4, 0.5) is 5.00 Å². The van der Waals surface area contributed by atoms with Crippen molar-refractivity contribution in [1.82, 2.24) is 0 Å². The molecule has 30 heavy (non-hydrogen) atoms. The lowest BCUT2D eigenvalue weighted by Crippen LogP contribution is -2.16. The van der Waals surface area contributed by atoms with E-state index in [4.69, 9.17) is 9.47 Å². The van der Waals surface area contributed by atoms with E-state index >= 15 is 0 Å². The number of hydrogen-bond donors (Lipinski definition) is 1. The molecule has 0 saturated heterocycles. The van der Waals surface area contributed by atoms with Gasteiger partial charge in [-0.05, 0) is 77.2 Å². The lowest BCUT2D eigenvalue weighted by Gasteiger charge is -2.18. The largest absolute Gasteiger partial charge is 0.492 e. The van der Waals surface area contributed by atoms with Gasteiger partial charge in [0.1, 0.15) is 10.8 Å². The summed E-state index contributed by atoms with van der Waals surface area (Å²) in [5, 5.41) is 3.55. The summed E-state index contributed by atoms with van der Waals surface area (Å²) >= 11 is 5.04. The Morgan fingerprint density at radius 2 is 2.13 bits per heavy atom. The fourth-order valence-electron chi connectivity index (χ4n) is 3.64. The number of hydrogen-bond acceptors (Lipinski definition) is 5. The van der Waals surface area contributed by atoms with Crippen LogP contribution in [0.25, 0.3) is 0 Å². The number of methoxy groups -OCH3 is 1. The third-order valence-electron chi connectivity index (χ3n) is 5.36. The number of anilines is 1. The predicted molar refractivity (Wildman–Crippen MR) is 124 cm³/mol. The van der Waals surface area contributed by atoms with Crippen molar-refractivity contribution in [2.75, 3.05) is 19.0 Å². The number of amides is 1. The van der Waals surface area contributed by atoms with Crippen molar-refractivity contribution in [2.24, 2.45) is 5.92 Å². The van der Waals surface area contributed by atoms with Gasteiger partial charge in [0.05, 0.1) is 23.8 Å². The maximum Gasteiger partial charge on any atom is 0.341 e. The quantitative estimate of drug-likeness (QED) is 0.373. The van der Waals surface area contributed by atoms with Gasteiger partial charge in [0.25, 0.3) is 0 Å². The van der Waals surface area contributed by atoms with Gasteiger partial charge in [-0.25, -0.2) is 4.79 Å². The van der Waals surface area contributed by atoms with E-state index in [2.05, 4.69) is 41.2 Å². The first-order chi connectivity index (χ1) is 14.4. The molecule has 0 fully saturated rings. The summed E-state index contributed by atoms with van der Waals surface area (Å²) in [7, 11) is 1.38. The van der Waals surface area contributed by atoms with Gasteiger partial charge >= 0.3 is 5.97 Å². The zero-order valence-electron chi connectivity index (χ0n) is 17.7. The van der Waals surface area contributed by atoms with Crippen molar-refractivity contribution < 1.29 is 19.1 Å². The highest BCUT2D eigenvalue weighted by molar-refractivity contribution is 9.10. The molecule has 1 aliphatic rings. The third kappa shape index (κ3) is 5.43. The average Bonchev–Trinajstić information content (AvgIpc) is 3.08. The topological polar surface area (TPSA) is 64.6 Å². The Balaban J connectivity index is 1.57. The molecule has 1 N–H and O–H groups in total. The third-order valence-corrected chi connectivity index (χ3v) is 7.15. The van der Waals surface area contributed by atoms with Gasteiger partial charge in [-0.1, -0.05) is 19.9 Å². The van der Waals surface area contributed by atoms with Crippen molar-refractivity contribution in [3.63, 3.8) is 0 Å². The lowest BCUT2D eigenvalue weighted by molar-refractivity contribution is -0.116. The minimum absolute atomic E-state index is 0.115. The normalized spacial score (nSPS) is 15.4. The van der Waals surface area contributed by atoms with E-state index in [9.17, 15) is 9.59 Å². The number of aryl methyl sites for hydroxylation is 1. The van der Waals surface area contributed by atoms with Crippen LogP contribution in [-0.2, 0) is 28.8 Å². The fourth-order valence-corrected chi connectivity index (χ4v) is 5.60. The zero-order valence-corrected chi connectivity index (χ0v) is 20.1. The first-order valence-corrected chi connectivity index (χ1v) is 12.0. The fraction of sp³-hybridized carbons (Fsp3) is 0.478. The van der Waals surface area contributed by atoms with Crippen molar-refractivity contribution >= 4 is 44.1 Å². The van der Waals surface area contributed by atoms with Crippen LogP contribution >= 0.6 is 27.3 Å². The van der Waals surface area contributed by atoms with E-state index in [0.29, 0.717) is 35.9 Å². The van der Waals surface area contributed by atoms with Gasteiger partial charge in [-0.2, -0.15) is 0 Å². The van der Waals surface area contributed by atoms with Crippen molar-refractivity contribution in [2.45, 2.75) is 52.4 Å². The van der Waals surface area contributed by atoms with Crippen LogP contribution in [0.2, 0.25) is 0 Å². The van der Waals surface area contributed by atoms with Crippen LogP contribution in [0.3, 0.4) is 0 Å². The number of thiophene rings is 1. The van der Waals surface area contributed by atoms with E-state index in [1.807, 2.05) is 12.1 Å². The summed E-state index contributed by atoms with van der Waals surface area (Å²) in [5.74, 6) is 0.880. The van der Waals surface area contributed by atoms with Crippen molar-refractivity contribution in [1.29, 1.82) is 0 Å². The Morgan fingerprint density at radius 3 is 2.83 bits per heavy atom. The molecule has 162 valence electrons. The van der Waals surface area contributed by atoms with Gasteiger partial charge in [-0.3, -0.25) is 4.79 Å². The van der Waals surface area contributed by atoms with Gasteiger partial charge in [0.2, 0.25) is 5.91 Å². The summed E-state index contributed by atoms with van der Waals surface area (Å²) in [6.07, 6.45) is 4.73. The summed E-state index contributed by atoms with van der Waals surface area (Å²) in [4.78, 5) is 26.0. The number of ether oxygens (including phenoxy) is 2. The minimum Gasteiger partial charge on any atom is -0.492 e. The molecule has 2 aromatic rings. The number of benzene rings is 1. The van der Waals surface area contributed by atoms with Gasteiger partial charge in [0, 0.05) is 11.3 Å². The molecule has 1 amide bonds. The van der Waals surface area contributed by atoms with Crippen LogP contribution in [0.15, 0.2) is 22.7 Å². The predicted octanol–water partition coefficient (Wildman–Crippen LogP) is 5.78. The highest BCUT2D eigenvalue weighted by atomic mass is 79.9. The second kappa shape index (κ2) is 10.4. The molecule has 0 aliphatic heterocycles. The Hall–Kier alpha value is -1.86. The standard InChI is InChI=1S/C23H28BrNO4S/c1-4-15-8-10-18(17(24)13-15)29-11-5-6-20(26)25-22-21(23(27)28-3)16-9-7-14(2)12-19(16)30-22/h8,10,13-14H,4-7,9,11-12H2,1-3H3,(H,25,26). The average molecular weight is 494 g/mol. The van der Waals surface area contributed by atoms with E-state index in [-0.39, 0.29) is 11.9 Å². The van der Waals surface area contributed by atoms with Gasteiger partial charge in [-0.15, -0.1) is 11.3 Å². The Morgan fingerprint density at radius 1 is 1.33 bits per heavy atom. The Kier molecular flexibility index (Phi) is 7.94. The summed E-state index contributed by atoms with van der Waals surface area (Å²) in [6, 6.07) is 6.04. The van der Waals surface area contributed by atoms with Crippen LogP contribution in [0.5, 0.6) is 5.75 Å². The monoisotopic (exact) mass is 493 g/mol. The molecule has 0 bridgehead atoms. The maximum absolute atomic E-state index is 12.5. The maximum atomic E-state index is 12.5. The molecule has 7 heteroatoms. The first kappa shape index (κ1) is 22.8. The molecule has 0 radical (unpaired) electrons. The number of rotatable bonds is 8. The smallest absolute Gasteiger partial charge is 0.341 e. The molecule has 5 nitrogen and oxygen atoms in total. The molecule has 1 unspecified atom stereocenters. The van der Waals surface area contributed by atoms with E-state index in [1.165, 1.54) is 28.9 Å². The van der Waals surface area contributed by atoms with Crippen LogP contribution < -0.4 is 10.1 Å². The van der Waals surface area contributed by atoms with Crippen molar-refractivity contribution in [3.8, 4) is 5.75 Å². The summed E-state index contributed by atoms with van der Waals surface area (Å²) < 4.78 is 11.7. The van der Waals surface area contributed by atoms with Crippen LogP contribution in [-0.4, -0.2) is 25.6 Å². The lowest BCUT2D eigenvalue weighted by atomic mass is 9.88. The molecule has 1 atom stereocenters. The second-order valence-corrected chi connectivity index (χ2v) is 9.63. The molecule has 1 aromatic carbocycles. The van der Waals surface area contributed by atoms with E-state index < -0.39 is 0 Å². The van der Waals surface area contributed by atoms with Crippen molar-refractivity contribution in [3.05, 3.63) is 44.2 Å². The van der Waals surface area contributed by atoms with E-state index in [1.54, 1.807) is 0 Å². The number of fused-ring (bicyclic) bond motifs is 1. The zero-order chi connectivity index (χ0) is 21.7. The molecule has 0 saturated carbocycles. The molecule has 1 heterocycles. The molecule has 0 spiro atoms. The molecular weight excluding hydrogens is 466 g/mol. The highest BCUT2D eigenvalue weighted by Gasteiger charge is 2.28. The van der Waals surface area contributed by atoms with Gasteiger partial charge in [0.15, 0.2) is 0 Å². The van der Waals surface area contributed by atoms with Crippen LogP contribution in [0.1, 0.15) is 59.5 Å². The van der Waals surface area contributed by atoms with Gasteiger partial charge < -0.3 is 14.8 Å². The Labute approximate surface area is 190 Å². The first-order valence-electron chi connectivity index (χ1n) is 10.4. The molecule has 3 rings (SSSR count). The Bertz CT molecular complexity index is 924. The molecule has 1 aliphatic carbocycles. The summed E-state index contributed by atoms with van der Waals surface area (Å²) in [6.45, 7) is 4.77. The second-order valence-electron chi connectivity index (χ2n) is 7.67. The number of carbonyl (C=O) groups excluding carboxylic acids is 2. The van der Waals surface area contributed by atoms with Crippen LogP contribution in [0, 0.1) is 5.92 Å². The van der Waals surface area contributed by atoms with E-state index in [0.717, 1.165) is 41.5 Å². The number of halogens is 1. The summed E-state index contributed by atoms with van der Waals surface area (Å²) in [5.41, 5.74) is 2.82. The highest BCUT2D eigenvalue weighted by Crippen LogP contribution is 2.40. The molecule has 1 aromatic heterocycles.